The van der Waals surface area contributed by atoms with E-state index in [4.69, 9.17) is 0 Å². The molecule has 0 aliphatic rings. The molecule has 2 aromatic carbocycles. The van der Waals surface area contributed by atoms with Gasteiger partial charge in [0.25, 0.3) is 5.91 Å². The van der Waals surface area contributed by atoms with Crippen molar-refractivity contribution in [3.8, 4) is 0 Å². The molecule has 1 aromatic heterocycles. The van der Waals surface area contributed by atoms with Crippen molar-refractivity contribution in [2.24, 2.45) is 7.05 Å². The Labute approximate surface area is 184 Å². The van der Waals surface area contributed by atoms with Gasteiger partial charge in [-0.1, -0.05) is 17.7 Å². The molecule has 3 rings (SSSR count). The molecular formula is C23H30N4O3S. The fourth-order valence-corrected chi connectivity index (χ4v) is 5.42. The van der Waals surface area contributed by atoms with Crippen LogP contribution in [0.1, 0.15) is 46.7 Å². The Morgan fingerprint density at radius 2 is 1.74 bits per heavy atom. The molecule has 0 saturated carbocycles. The van der Waals surface area contributed by atoms with Gasteiger partial charge in [0.05, 0.1) is 22.5 Å². The third-order valence-corrected chi connectivity index (χ3v) is 7.40. The van der Waals surface area contributed by atoms with Gasteiger partial charge in [-0.05, 0) is 63.9 Å². The van der Waals surface area contributed by atoms with Crippen LogP contribution >= 0.6 is 0 Å². The zero-order valence-electron chi connectivity index (χ0n) is 19.1. The van der Waals surface area contributed by atoms with E-state index >= 15 is 0 Å². The van der Waals surface area contributed by atoms with Gasteiger partial charge in [-0.15, -0.1) is 0 Å². The van der Waals surface area contributed by atoms with Crippen molar-refractivity contribution < 1.29 is 13.2 Å². The lowest BCUT2D eigenvalue weighted by Crippen LogP contribution is -2.29. The van der Waals surface area contributed by atoms with Gasteiger partial charge in [-0.3, -0.25) is 4.79 Å². The Morgan fingerprint density at radius 3 is 2.32 bits per heavy atom. The first kappa shape index (κ1) is 23.0. The molecular weight excluding hydrogens is 412 g/mol. The van der Waals surface area contributed by atoms with Gasteiger partial charge in [-0.2, -0.15) is 4.31 Å². The third kappa shape index (κ3) is 4.50. The number of benzene rings is 2. The summed E-state index contributed by atoms with van der Waals surface area (Å²) in [6, 6.07) is 9.13. The first-order valence-electron chi connectivity index (χ1n) is 10.2. The number of carbonyl (C=O) groups excluding carboxylic acids is 1. The van der Waals surface area contributed by atoms with E-state index < -0.39 is 10.0 Å². The summed E-state index contributed by atoms with van der Waals surface area (Å²) in [5.74, 6) is 0.444. The van der Waals surface area contributed by atoms with E-state index in [1.807, 2.05) is 64.4 Å². The van der Waals surface area contributed by atoms with Gasteiger partial charge in [0.1, 0.15) is 5.82 Å². The van der Waals surface area contributed by atoms with Crippen molar-refractivity contribution in [3.63, 3.8) is 0 Å². The Kier molecular flexibility index (Phi) is 6.25. The van der Waals surface area contributed by atoms with Gasteiger partial charge in [0.2, 0.25) is 10.0 Å². The third-order valence-electron chi connectivity index (χ3n) is 5.29. The number of amides is 1. The maximum atomic E-state index is 13.3. The number of nitrogens with one attached hydrogen (secondary N) is 1. The van der Waals surface area contributed by atoms with Crippen LogP contribution in [0.25, 0.3) is 11.0 Å². The number of hydrogen-bond acceptors (Lipinski definition) is 4. The van der Waals surface area contributed by atoms with Crippen molar-refractivity contribution >= 4 is 27.0 Å². The van der Waals surface area contributed by atoms with E-state index in [-0.39, 0.29) is 18.5 Å². The van der Waals surface area contributed by atoms with Crippen LogP contribution in [0, 0.1) is 20.8 Å². The summed E-state index contributed by atoms with van der Waals surface area (Å²) >= 11 is 0. The topological polar surface area (TPSA) is 84.3 Å². The second-order valence-corrected chi connectivity index (χ2v) is 10.4. The van der Waals surface area contributed by atoms with Gasteiger partial charge in [0.15, 0.2) is 0 Å². The minimum Gasteiger partial charge on any atom is -0.350 e. The molecule has 3 aromatic rings. The van der Waals surface area contributed by atoms with Crippen LogP contribution in [0.2, 0.25) is 0 Å². The van der Waals surface area contributed by atoms with Crippen LogP contribution in [-0.4, -0.2) is 41.3 Å². The standard InChI is InChI=1S/C23H30N4O3S/c1-14(2)24-23(28)18-8-9-20-19(12-18)25-21(27(20)7)13-26(6)31(29,30)22-16(4)10-15(3)11-17(22)5/h8-12,14H,13H2,1-7H3,(H,24,28). The van der Waals surface area contributed by atoms with E-state index in [9.17, 15) is 13.2 Å². The number of aromatic nitrogens is 2. The second-order valence-electron chi connectivity index (χ2n) is 8.41. The van der Waals surface area contributed by atoms with E-state index in [0.717, 1.165) is 22.2 Å². The number of fused-ring (bicyclic) bond motifs is 1. The van der Waals surface area contributed by atoms with Gasteiger partial charge < -0.3 is 9.88 Å². The zero-order valence-corrected chi connectivity index (χ0v) is 20.0. The molecule has 1 amide bonds. The Hall–Kier alpha value is -2.71. The number of hydrogen-bond donors (Lipinski definition) is 1. The molecule has 0 unspecified atom stereocenters. The molecule has 166 valence electrons. The predicted molar refractivity (Wildman–Crippen MR) is 123 cm³/mol. The summed E-state index contributed by atoms with van der Waals surface area (Å²) in [6.45, 7) is 9.52. The fourth-order valence-electron chi connectivity index (χ4n) is 3.89. The molecule has 0 aliphatic heterocycles. The van der Waals surface area contributed by atoms with Crippen LogP contribution in [0.5, 0.6) is 0 Å². The quantitative estimate of drug-likeness (QED) is 0.634. The first-order valence-corrected chi connectivity index (χ1v) is 11.7. The van der Waals surface area contributed by atoms with E-state index in [2.05, 4.69) is 10.3 Å². The van der Waals surface area contributed by atoms with E-state index in [1.54, 1.807) is 19.2 Å². The van der Waals surface area contributed by atoms with Crippen LogP contribution in [0.15, 0.2) is 35.2 Å². The molecule has 8 heteroatoms. The summed E-state index contributed by atoms with van der Waals surface area (Å²) in [6.07, 6.45) is 0. The minimum atomic E-state index is -3.69. The van der Waals surface area contributed by atoms with Gasteiger partial charge >= 0.3 is 0 Å². The van der Waals surface area contributed by atoms with Gasteiger partial charge in [0, 0.05) is 25.7 Å². The highest BCUT2D eigenvalue weighted by Gasteiger charge is 2.26. The Balaban J connectivity index is 1.94. The molecule has 7 nitrogen and oxygen atoms in total. The SMILES string of the molecule is Cc1cc(C)c(S(=O)(=O)N(C)Cc2nc3cc(C(=O)NC(C)C)ccc3n2C)c(C)c1. The van der Waals surface area contributed by atoms with Crippen molar-refractivity contribution in [1.82, 2.24) is 19.2 Å². The number of imidazole rings is 1. The summed E-state index contributed by atoms with van der Waals surface area (Å²) in [4.78, 5) is 17.3. The molecule has 0 aliphatic carbocycles. The molecule has 0 bridgehead atoms. The summed E-state index contributed by atoms with van der Waals surface area (Å²) in [5, 5.41) is 2.87. The lowest BCUT2D eigenvalue weighted by molar-refractivity contribution is 0.0943. The summed E-state index contributed by atoms with van der Waals surface area (Å²) in [5.41, 5.74) is 4.51. The van der Waals surface area contributed by atoms with Crippen molar-refractivity contribution in [2.75, 3.05) is 7.05 Å². The molecule has 0 atom stereocenters. The minimum absolute atomic E-state index is 0.0371. The molecule has 0 saturated heterocycles. The van der Waals surface area contributed by atoms with Crippen molar-refractivity contribution in [2.45, 2.75) is 52.1 Å². The number of carbonyl (C=O) groups is 1. The predicted octanol–water partition coefficient (Wildman–Crippen LogP) is 3.46. The Morgan fingerprint density at radius 1 is 1.13 bits per heavy atom. The van der Waals surface area contributed by atoms with Crippen LogP contribution in [0.4, 0.5) is 0 Å². The Bertz CT molecular complexity index is 1240. The van der Waals surface area contributed by atoms with Crippen LogP contribution in [0.3, 0.4) is 0 Å². The van der Waals surface area contributed by atoms with E-state index in [1.165, 1.54) is 4.31 Å². The molecule has 0 fully saturated rings. The highest BCUT2D eigenvalue weighted by atomic mass is 32.2. The van der Waals surface area contributed by atoms with E-state index in [0.29, 0.717) is 21.8 Å². The highest BCUT2D eigenvalue weighted by Crippen LogP contribution is 2.26. The summed E-state index contributed by atoms with van der Waals surface area (Å²) < 4.78 is 29.8. The second kappa shape index (κ2) is 8.43. The first-order chi connectivity index (χ1) is 14.4. The summed E-state index contributed by atoms with van der Waals surface area (Å²) in [7, 11) is -0.276. The average Bonchev–Trinajstić information content (AvgIpc) is 2.95. The maximum absolute atomic E-state index is 13.3. The largest absolute Gasteiger partial charge is 0.350 e. The normalized spacial score (nSPS) is 12.2. The number of sulfonamides is 1. The molecule has 1 heterocycles. The van der Waals surface area contributed by atoms with Crippen LogP contribution in [-0.2, 0) is 23.6 Å². The lowest BCUT2D eigenvalue weighted by atomic mass is 10.1. The lowest BCUT2D eigenvalue weighted by Gasteiger charge is -2.20. The van der Waals surface area contributed by atoms with Crippen molar-refractivity contribution in [3.05, 3.63) is 58.4 Å². The van der Waals surface area contributed by atoms with Crippen LogP contribution < -0.4 is 5.32 Å². The molecule has 0 spiro atoms. The highest BCUT2D eigenvalue weighted by molar-refractivity contribution is 7.89. The number of rotatable bonds is 6. The zero-order chi connectivity index (χ0) is 23.1. The molecule has 1 N–H and O–H groups in total. The number of aryl methyl sites for hydroxylation is 4. The molecule has 31 heavy (non-hydrogen) atoms. The fraction of sp³-hybridized carbons (Fsp3) is 0.391. The molecule has 0 radical (unpaired) electrons. The van der Waals surface area contributed by atoms with Gasteiger partial charge in [-0.25, -0.2) is 13.4 Å². The maximum Gasteiger partial charge on any atom is 0.251 e. The smallest absolute Gasteiger partial charge is 0.251 e. The number of nitrogens with zero attached hydrogens (tertiary/aromatic N) is 3. The van der Waals surface area contributed by atoms with Crippen molar-refractivity contribution in [1.29, 1.82) is 0 Å². The monoisotopic (exact) mass is 442 g/mol. The average molecular weight is 443 g/mol.